The smallest absolute Gasteiger partial charge is 0.332 e. The van der Waals surface area contributed by atoms with Crippen LogP contribution in [-0.2, 0) is 22.4 Å². The third-order valence-electron chi connectivity index (χ3n) is 3.65. The maximum Gasteiger partial charge on any atom is 0.332 e. The summed E-state index contributed by atoms with van der Waals surface area (Å²) >= 11 is 0. The standard InChI is InChI=1S/C10H10N2O2.C10H9NO3/c2*11-6-8-3-1-7(2-4-8)5-9(12)10(13)14/h1-4,9H,5,12H2,(H,13,14);1-4,9,12H,5H2,(H,13,14)/t2*9-/m11/s1. The molecule has 0 saturated carbocycles. The number of carboxylic acid groups (broad SMARTS) is 2. The lowest BCUT2D eigenvalue weighted by Crippen LogP contribution is -2.32. The van der Waals surface area contributed by atoms with Crippen molar-refractivity contribution in [3.05, 3.63) is 70.8 Å². The number of aliphatic hydroxyl groups excluding tert-OH is 1. The molecule has 2 aromatic rings. The molecule has 0 heterocycles. The van der Waals surface area contributed by atoms with Crippen LogP contribution in [-0.4, -0.2) is 39.4 Å². The Hall–Kier alpha value is -3.72. The highest BCUT2D eigenvalue weighted by molar-refractivity contribution is 5.73. The van der Waals surface area contributed by atoms with Crippen LogP contribution in [0.2, 0.25) is 0 Å². The summed E-state index contributed by atoms with van der Waals surface area (Å²) in [6, 6.07) is 16.2. The Morgan fingerprint density at radius 3 is 1.54 bits per heavy atom. The molecule has 0 amide bonds. The van der Waals surface area contributed by atoms with Crippen LogP contribution in [0.4, 0.5) is 0 Å². The highest BCUT2D eigenvalue weighted by Crippen LogP contribution is 2.07. The van der Waals surface area contributed by atoms with Gasteiger partial charge in [-0.25, -0.2) is 4.79 Å². The van der Waals surface area contributed by atoms with Crippen LogP contribution >= 0.6 is 0 Å². The number of nitrogens with zero attached hydrogens (tertiary/aromatic N) is 2. The molecule has 0 radical (unpaired) electrons. The lowest BCUT2D eigenvalue weighted by Gasteiger charge is -2.05. The summed E-state index contributed by atoms with van der Waals surface area (Å²) < 4.78 is 0. The summed E-state index contributed by atoms with van der Waals surface area (Å²) in [5.41, 5.74) is 7.93. The van der Waals surface area contributed by atoms with Crippen molar-refractivity contribution < 1.29 is 24.9 Å². The van der Waals surface area contributed by atoms with E-state index in [9.17, 15) is 9.59 Å². The lowest BCUT2D eigenvalue weighted by atomic mass is 10.1. The maximum absolute atomic E-state index is 10.4. The van der Waals surface area contributed by atoms with Gasteiger partial charge in [-0.15, -0.1) is 0 Å². The van der Waals surface area contributed by atoms with Crippen LogP contribution < -0.4 is 5.73 Å². The molecule has 0 saturated heterocycles. The second-order valence-corrected chi connectivity index (χ2v) is 5.82. The quantitative estimate of drug-likeness (QED) is 0.575. The number of carbonyl (C=O) groups is 2. The first kappa shape index (κ1) is 22.3. The van der Waals surface area contributed by atoms with Gasteiger partial charge in [0.05, 0.1) is 23.3 Å². The molecule has 0 aliphatic heterocycles. The van der Waals surface area contributed by atoms with E-state index in [1.165, 1.54) is 0 Å². The van der Waals surface area contributed by atoms with Crippen molar-refractivity contribution in [3.8, 4) is 12.1 Å². The molecule has 2 aromatic carbocycles. The van der Waals surface area contributed by atoms with Gasteiger partial charge in [0.25, 0.3) is 0 Å². The van der Waals surface area contributed by atoms with Gasteiger partial charge in [-0.05, 0) is 41.8 Å². The van der Waals surface area contributed by atoms with Gasteiger partial charge in [-0.2, -0.15) is 10.5 Å². The summed E-state index contributed by atoms with van der Waals surface area (Å²) in [6.45, 7) is 0. The zero-order valence-electron chi connectivity index (χ0n) is 14.8. The number of hydrogen-bond donors (Lipinski definition) is 4. The van der Waals surface area contributed by atoms with Gasteiger partial charge in [-0.3, -0.25) is 4.79 Å². The van der Waals surface area contributed by atoms with Gasteiger partial charge in [0.2, 0.25) is 0 Å². The number of hydrogen-bond acceptors (Lipinski definition) is 6. The summed E-state index contributed by atoms with van der Waals surface area (Å²) in [4.78, 5) is 20.8. The van der Waals surface area contributed by atoms with Crippen LogP contribution in [0.5, 0.6) is 0 Å². The SMILES string of the molecule is N#Cc1ccc(C[C@@H](N)C(=O)O)cc1.N#Cc1ccc(C[C@@H](O)C(=O)O)cc1. The lowest BCUT2D eigenvalue weighted by molar-refractivity contribution is -0.146. The Kier molecular flexibility index (Phi) is 8.84. The van der Waals surface area contributed by atoms with Crippen molar-refractivity contribution in [2.75, 3.05) is 0 Å². The van der Waals surface area contributed by atoms with Crippen molar-refractivity contribution in [3.63, 3.8) is 0 Å². The molecule has 8 nitrogen and oxygen atoms in total. The van der Waals surface area contributed by atoms with Gasteiger partial charge in [-0.1, -0.05) is 24.3 Å². The predicted molar refractivity (Wildman–Crippen MR) is 99.0 cm³/mol. The van der Waals surface area contributed by atoms with Crippen molar-refractivity contribution in [1.82, 2.24) is 0 Å². The summed E-state index contributed by atoms with van der Waals surface area (Å²) in [6.07, 6.45) is -1.05. The van der Waals surface area contributed by atoms with E-state index >= 15 is 0 Å². The molecule has 0 bridgehead atoms. The molecular formula is C20H19N3O5. The van der Waals surface area contributed by atoms with E-state index in [0.29, 0.717) is 16.7 Å². The third kappa shape index (κ3) is 7.67. The molecule has 0 unspecified atom stereocenters. The van der Waals surface area contributed by atoms with Gasteiger partial charge in [0, 0.05) is 6.42 Å². The summed E-state index contributed by atoms with van der Waals surface area (Å²) in [7, 11) is 0. The fourth-order valence-electron chi connectivity index (χ4n) is 2.08. The summed E-state index contributed by atoms with van der Waals surface area (Å²) in [5.74, 6) is -2.26. The number of carboxylic acids is 2. The second-order valence-electron chi connectivity index (χ2n) is 5.82. The molecule has 0 spiro atoms. The highest BCUT2D eigenvalue weighted by Gasteiger charge is 2.13. The largest absolute Gasteiger partial charge is 0.480 e. The molecule has 0 aliphatic rings. The fourth-order valence-corrected chi connectivity index (χ4v) is 2.08. The molecular weight excluding hydrogens is 362 g/mol. The third-order valence-corrected chi connectivity index (χ3v) is 3.65. The first-order valence-corrected chi connectivity index (χ1v) is 8.14. The molecule has 5 N–H and O–H groups in total. The van der Waals surface area contributed by atoms with Gasteiger partial charge < -0.3 is 21.1 Å². The van der Waals surface area contributed by atoms with Crippen molar-refractivity contribution in [2.45, 2.75) is 25.0 Å². The molecule has 144 valence electrons. The van der Waals surface area contributed by atoms with Crippen molar-refractivity contribution >= 4 is 11.9 Å². The zero-order chi connectivity index (χ0) is 21.1. The van der Waals surface area contributed by atoms with Crippen LogP contribution in [0.3, 0.4) is 0 Å². The Morgan fingerprint density at radius 1 is 0.821 bits per heavy atom. The predicted octanol–water partition coefficient (Wildman–Crippen LogP) is 1.06. The number of rotatable bonds is 6. The maximum atomic E-state index is 10.4. The van der Waals surface area contributed by atoms with Gasteiger partial charge in [0.1, 0.15) is 6.04 Å². The van der Waals surface area contributed by atoms with E-state index < -0.39 is 24.1 Å². The normalized spacial score (nSPS) is 11.7. The molecule has 28 heavy (non-hydrogen) atoms. The van der Waals surface area contributed by atoms with Crippen LogP contribution in [0, 0.1) is 22.7 Å². The molecule has 2 rings (SSSR count). The Morgan fingerprint density at radius 2 is 1.21 bits per heavy atom. The van der Waals surface area contributed by atoms with Crippen LogP contribution in [0.25, 0.3) is 0 Å². The number of aliphatic hydroxyl groups is 1. The van der Waals surface area contributed by atoms with E-state index in [4.69, 9.17) is 31.6 Å². The molecule has 2 atom stereocenters. The topological polar surface area (TPSA) is 168 Å². The number of nitriles is 2. The average molecular weight is 381 g/mol. The van der Waals surface area contributed by atoms with Gasteiger partial charge in [0.15, 0.2) is 6.10 Å². The minimum absolute atomic E-state index is 0.0566. The Labute approximate surface area is 161 Å². The molecule has 0 aromatic heterocycles. The number of aliphatic carboxylic acids is 2. The minimum atomic E-state index is -1.39. The Balaban J connectivity index is 0.000000280. The van der Waals surface area contributed by atoms with Crippen molar-refractivity contribution in [1.29, 1.82) is 10.5 Å². The monoisotopic (exact) mass is 381 g/mol. The van der Waals surface area contributed by atoms with Crippen molar-refractivity contribution in [2.24, 2.45) is 5.73 Å². The van der Waals surface area contributed by atoms with Crippen LogP contribution in [0.15, 0.2) is 48.5 Å². The zero-order valence-corrected chi connectivity index (χ0v) is 14.8. The first-order valence-electron chi connectivity index (χ1n) is 8.14. The molecule has 0 fully saturated rings. The number of nitrogens with two attached hydrogens (primary N) is 1. The van der Waals surface area contributed by atoms with E-state index in [0.717, 1.165) is 5.56 Å². The summed E-state index contributed by atoms with van der Waals surface area (Å²) in [5, 5.41) is 43.1. The minimum Gasteiger partial charge on any atom is -0.480 e. The van der Waals surface area contributed by atoms with E-state index in [-0.39, 0.29) is 12.8 Å². The average Bonchev–Trinajstić information content (AvgIpc) is 2.69. The highest BCUT2D eigenvalue weighted by atomic mass is 16.4. The van der Waals surface area contributed by atoms with Gasteiger partial charge >= 0.3 is 11.9 Å². The molecule has 0 aliphatic carbocycles. The molecule has 8 heteroatoms. The van der Waals surface area contributed by atoms with E-state index in [2.05, 4.69) is 0 Å². The first-order chi connectivity index (χ1) is 13.3. The second kappa shape index (κ2) is 11.1. The Bertz CT molecular complexity index is 805. The number of benzene rings is 2. The van der Waals surface area contributed by atoms with Crippen LogP contribution in [0.1, 0.15) is 22.3 Å². The fraction of sp³-hybridized carbons (Fsp3) is 0.200. The van der Waals surface area contributed by atoms with E-state index in [1.807, 2.05) is 12.1 Å². The van der Waals surface area contributed by atoms with E-state index in [1.54, 1.807) is 48.5 Å².